The van der Waals surface area contributed by atoms with Crippen LogP contribution in [-0.4, -0.2) is 30.7 Å². The Morgan fingerprint density at radius 3 is 2.81 bits per heavy atom. The summed E-state index contributed by atoms with van der Waals surface area (Å²) in [6.07, 6.45) is -1.27. The van der Waals surface area contributed by atoms with E-state index in [0.717, 1.165) is 6.07 Å². The maximum Gasteiger partial charge on any atom is 0.256 e. The molecule has 4 nitrogen and oxygen atoms in total. The number of carbonyl (C=O) groups excluding carboxylic acids is 1. The van der Waals surface area contributed by atoms with Gasteiger partial charge in [-0.05, 0) is 18.2 Å². The number of aliphatic hydroxyl groups is 1. The maximum atomic E-state index is 12.9. The monoisotopic (exact) mass is 246 g/mol. The average Bonchev–Trinajstić information content (AvgIpc) is 2.29. The van der Waals surface area contributed by atoms with Gasteiger partial charge in [0, 0.05) is 19.3 Å². The van der Waals surface area contributed by atoms with Crippen LogP contribution in [0.1, 0.15) is 0 Å². The van der Waals surface area contributed by atoms with E-state index in [2.05, 4.69) is 0 Å². The summed E-state index contributed by atoms with van der Waals surface area (Å²) in [4.78, 5) is 12.7. The minimum absolute atomic E-state index is 0.0839. The SMILES string of the molecule is CN(C(=O)C(O)CN)c1ccc(F)c(Cl)c1. The number of likely N-dealkylation sites (N-methyl/N-ethyl adjacent to an activating group) is 1. The fraction of sp³-hybridized carbons (Fsp3) is 0.300. The van der Waals surface area contributed by atoms with Crippen molar-refractivity contribution in [3.8, 4) is 0 Å². The fourth-order valence-corrected chi connectivity index (χ4v) is 1.32. The number of carbonyl (C=O) groups is 1. The second kappa shape index (κ2) is 5.25. The Bertz CT molecular complexity index is 400. The maximum absolute atomic E-state index is 12.9. The minimum Gasteiger partial charge on any atom is -0.382 e. The first kappa shape index (κ1) is 12.9. The highest BCUT2D eigenvalue weighted by Crippen LogP contribution is 2.22. The molecule has 3 N–H and O–H groups in total. The molecule has 16 heavy (non-hydrogen) atoms. The molecule has 0 radical (unpaired) electrons. The van der Waals surface area contributed by atoms with Gasteiger partial charge in [-0.3, -0.25) is 4.79 Å². The number of hydrogen-bond acceptors (Lipinski definition) is 3. The van der Waals surface area contributed by atoms with Crippen LogP contribution in [0.4, 0.5) is 10.1 Å². The van der Waals surface area contributed by atoms with Crippen molar-refractivity contribution in [2.75, 3.05) is 18.5 Å². The lowest BCUT2D eigenvalue weighted by atomic mass is 10.2. The van der Waals surface area contributed by atoms with Crippen LogP contribution < -0.4 is 10.6 Å². The van der Waals surface area contributed by atoms with Crippen molar-refractivity contribution < 1.29 is 14.3 Å². The van der Waals surface area contributed by atoms with Crippen LogP contribution in [0.2, 0.25) is 5.02 Å². The lowest BCUT2D eigenvalue weighted by Gasteiger charge is -2.20. The second-order valence-corrected chi connectivity index (χ2v) is 3.65. The number of nitrogens with zero attached hydrogens (tertiary/aromatic N) is 1. The average molecular weight is 247 g/mol. The molecule has 0 saturated carbocycles. The molecule has 0 heterocycles. The van der Waals surface area contributed by atoms with Gasteiger partial charge in [-0.1, -0.05) is 11.6 Å². The summed E-state index contributed by atoms with van der Waals surface area (Å²) >= 11 is 5.58. The lowest BCUT2D eigenvalue weighted by Crippen LogP contribution is -2.40. The van der Waals surface area contributed by atoms with Crippen LogP contribution in [0.25, 0.3) is 0 Å². The highest BCUT2D eigenvalue weighted by atomic mass is 35.5. The van der Waals surface area contributed by atoms with E-state index in [9.17, 15) is 14.3 Å². The minimum atomic E-state index is -1.27. The molecule has 0 aliphatic heterocycles. The normalized spacial score (nSPS) is 12.3. The van der Waals surface area contributed by atoms with Gasteiger partial charge in [0.1, 0.15) is 11.9 Å². The second-order valence-electron chi connectivity index (χ2n) is 3.25. The topological polar surface area (TPSA) is 66.6 Å². The molecule has 1 unspecified atom stereocenters. The Kier molecular flexibility index (Phi) is 4.23. The first-order valence-electron chi connectivity index (χ1n) is 4.58. The van der Waals surface area contributed by atoms with Crippen LogP contribution >= 0.6 is 11.6 Å². The summed E-state index contributed by atoms with van der Waals surface area (Å²) in [5.41, 5.74) is 5.55. The van der Waals surface area contributed by atoms with Crippen molar-refractivity contribution in [3.63, 3.8) is 0 Å². The van der Waals surface area contributed by atoms with Gasteiger partial charge < -0.3 is 15.7 Å². The highest BCUT2D eigenvalue weighted by molar-refractivity contribution is 6.31. The van der Waals surface area contributed by atoms with Gasteiger partial charge in [-0.25, -0.2) is 4.39 Å². The molecular formula is C10H12ClFN2O2. The summed E-state index contributed by atoms with van der Waals surface area (Å²) in [5, 5.41) is 9.17. The zero-order chi connectivity index (χ0) is 12.3. The predicted octanol–water partition coefficient (Wildman–Crippen LogP) is 0.761. The Labute approximate surface area is 97.4 Å². The van der Waals surface area contributed by atoms with E-state index in [0.29, 0.717) is 5.69 Å². The summed E-state index contributed by atoms with van der Waals surface area (Å²) in [5.74, 6) is -1.13. The molecular weight excluding hydrogens is 235 g/mol. The van der Waals surface area contributed by atoms with E-state index < -0.39 is 17.8 Å². The molecule has 1 aromatic rings. The Morgan fingerprint density at radius 2 is 2.31 bits per heavy atom. The van der Waals surface area contributed by atoms with Crippen molar-refractivity contribution in [3.05, 3.63) is 29.0 Å². The molecule has 0 fully saturated rings. The van der Waals surface area contributed by atoms with Crippen LogP contribution in [0.15, 0.2) is 18.2 Å². The van der Waals surface area contributed by atoms with Crippen molar-refractivity contribution in [2.24, 2.45) is 5.73 Å². The van der Waals surface area contributed by atoms with E-state index in [1.54, 1.807) is 0 Å². The molecule has 0 aliphatic rings. The smallest absolute Gasteiger partial charge is 0.256 e. The summed E-state index contributed by atoms with van der Waals surface area (Å²) in [6.45, 7) is -0.169. The number of nitrogens with two attached hydrogens (primary N) is 1. The Morgan fingerprint density at radius 1 is 1.69 bits per heavy atom. The number of halogens is 2. The molecule has 0 aliphatic carbocycles. The quantitative estimate of drug-likeness (QED) is 0.828. The molecule has 0 bridgehead atoms. The van der Waals surface area contributed by atoms with E-state index in [1.165, 1.54) is 24.1 Å². The molecule has 1 aromatic carbocycles. The van der Waals surface area contributed by atoms with Crippen molar-refractivity contribution in [2.45, 2.75) is 6.10 Å². The van der Waals surface area contributed by atoms with Crippen LogP contribution in [0.5, 0.6) is 0 Å². The van der Waals surface area contributed by atoms with Crippen molar-refractivity contribution in [1.82, 2.24) is 0 Å². The summed E-state index contributed by atoms with van der Waals surface area (Å²) in [7, 11) is 1.45. The largest absolute Gasteiger partial charge is 0.382 e. The lowest BCUT2D eigenvalue weighted by molar-refractivity contribution is -0.125. The number of amides is 1. The number of hydrogen-bond donors (Lipinski definition) is 2. The molecule has 1 amide bonds. The van der Waals surface area contributed by atoms with Gasteiger partial charge in [0.2, 0.25) is 0 Å². The van der Waals surface area contributed by atoms with Crippen LogP contribution in [0, 0.1) is 5.82 Å². The first-order valence-corrected chi connectivity index (χ1v) is 4.96. The van der Waals surface area contributed by atoms with Gasteiger partial charge in [-0.2, -0.15) is 0 Å². The van der Waals surface area contributed by atoms with E-state index in [-0.39, 0.29) is 11.6 Å². The molecule has 0 aromatic heterocycles. The standard InChI is InChI=1S/C10H12ClFN2O2/c1-14(10(16)9(15)5-13)6-2-3-8(12)7(11)4-6/h2-4,9,15H,5,13H2,1H3. The van der Waals surface area contributed by atoms with Crippen LogP contribution in [-0.2, 0) is 4.79 Å². The highest BCUT2D eigenvalue weighted by Gasteiger charge is 2.19. The third-order valence-electron chi connectivity index (χ3n) is 2.13. The van der Waals surface area contributed by atoms with Gasteiger partial charge in [-0.15, -0.1) is 0 Å². The third-order valence-corrected chi connectivity index (χ3v) is 2.42. The summed E-state index contributed by atoms with van der Waals surface area (Å²) < 4.78 is 12.9. The molecule has 1 atom stereocenters. The van der Waals surface area contributed by atoms with Gasteiger partial charge in [0.05, 0.1) is 5.02 Å². The Hall–Kier alpha value is -1.17. The number of rotatable bonds is 3. The van der Waals surface area contributed by atoms with Crippen molar-refractivity contribution >= 4 is 23.2 Å². The number of aliphatic hydroxyl groups excluding tert-OH is 1. The van der Waals surface area contributed by atoms with E-state index in [1.807, 2.05) is 0 Å². The van der Waals surface area contributed by atoms with Gasteiger partial charge in [0.15, 0.2) is 0 Å². The van der Waals surface area contributed by atoms with Crippen molar-refractivity contribution in [1.29, 1.82) is 0 Å². The summed E-state index contributed by atoms with van der Waals surface area (Å²) in [6, 6.07) is 3.84. The Balaban J connectivity index is 2.92. The van der Waals surface area contributed by atoms with E-state index >= 15 is 0 Å². The molecule has 1 rings (SSSR count). The van der Waals surface area contributed by atoms with Crippen LogP contribution in [0.3, 0.4) is 0 Å². The van der Waals surface area contributed by atoms with Gasteiger partial charge >= 0.3 is 0 Å². The molecule has 88 valence electrons. The zero-order valence-electron chi connectivity index (χ0n) is 8.65. The molecule has 6 heteroatoms. The molecule has 0 saturated heterocycles. The third kappa shape index (κ3) is 2.69. The number of anilines is 1. The zero-order valence-corrected chi connectivity index (χ0v) is 9.41. The number of benzene rings is 1. The van der Waals surface area contributed by atoms with E-state index in [4.69, 9.17) is 17.3 Å². The molecule has 0 spiro atoms. The first-order chi connectivity index (χ1) is 7.47. The predicted molar refractivity (Wildman–Crippen MR) is 59.9 cm³/mol. The van der Waals surface area contributed by atoms with Gasteiger partial charge in [0.25, 0.3) is 5.91 Å². The fourth-order valence-electron chi connectivity index (χ4n) is 1.15.